The van der Waals surface area contributed by atoms with Crippen molar-refractivity contribution >= 4 is 28.7 Å². The fourth-order valence-electron chi connectivity index (χ4n) is 5.44. The summed E-state index contributed by atoms with van der Waals surface area (Å²) in [5.41, 5.74) is 2.52. The van der Waals surface area contributed by atoms with E-state index in [9.17, 15) is 36.8 Å². The molecule has 2 amide bonds. The van der Waals surface area contributed by atoms with E-state index in [-0.39, 0.29) is 5.56 Å². The molecule has 1 aromatic heterocycles. The summed E-state index contributed by atoms with van der Waals surface area (Å²) in [5.74, 6) is -5.95. The Morgan fingerprint density at radius 2 is 1.78 bits per heavy atom. The summed E-state index contributed by atoms with van der Waals surface area (Å²) in [4.78, 5) is 42.2. The Bertz CT molecular complexity index is 1730. The van der Waals surface area contributed by atoms with Crippen molar-refractivity contribution in [1.29, 1.82) is 5.26 Å². The monoisotopic (exact) mass is 706 g/mol. The van der Waals surface area contributed by atoms with Crippen molar-refractivity contribution < 1.29 is 50.9 Å². The molecule has 0 radical (unpaired) electrons. The SMILES string of the molecule is COc1ccc(-c2ccc3nccc(C(=O)NCC(=O)N4CC(F)(F)C[C@H]4C#N)c3c2)cc1OCCCN1CCNCC1.O=C(O)C(F)(F)F. The van der Waals surface area contributed by atoms with Crippen molar-refractivity contribution in [3.8, 4) is 28.7 Å². The number of methoxy groups -OCH3 is 1. The molecule has 12 nitrogen and oxygen atoms in total. The summed E-state index contributed by atoms with van der Waals surface area (Å²) >= 11 is 0. The van der Waals surface area contributed by atoms with Gasteiger partial charge in [0.2, 0.25) is 5.91 Å². The van der Waals surface area contributed by atoms with Crippen LogP contribution in [0.25, 0.3) is 22.0 Å². The van der Waals surface area contributed by atoms with Gasteiger partial charge < -0.3 is 35.0 Å². The number of aromatic nitrogens is 1. The maximum absolute atomic E-state index is 13.8. The van der Waals surface area contributed by atoms with Crippen molar-refractivity contribution in [3.63, 3.8) is 0 Å². The molecule has 0 aliphatic carbocycles. The molecule has 50 heavy (non-hydrogen) atoms. The standard InChI is InChI=1S/C31H34F2N6O4.C2HF3O2/c1-42-27-6-4-22(16-28(27)43-14-2-11-38-12-9-35-10-13-38)21-3-5-26-25(15-21)24(7-8-36-26)30(41)37-19-29(40)39-20-31(32,33)17-23(39)18-34;3-2(4,5)1(6)7/h3-8,15-16,23,35H,2,9-14,17,19-20H2,1H3,(H,37,41);(H,6,7)/t23-;/m0./s1. The number of aliphatic carboxylic acids is 1. The lowest BCUT2D eigenvalue weighted by Gasteiger charge is -2.27. The zero-order chi connectivity index (χ0) is 36.5. The number of piperazine rings is 1. The highest BCUT2D eigenvalue weighted by Crippen LogP contribution is 2.34. The lowest BCUT2D eigenvalue weighted by atomic mass is 10.00. The first-order valence-electron chi connectivity index (χ1n) is 15.5. The fraction of sp³-hybridized carbons (Fsp3) is 0.424. The van der Waals surface area contributed by atoms with Crippen molar-refractivity contribution in [1.82, 2.24) is 25.4 Å². The van der Waals surface area contributed by atoms with E-state index in [0.717, 1.165) is 55.2 Å². The molecule has 0 unspecified atom stereocenters. The normalized spacial score (nSPS) is 17.3. The molecule has 1 atom stereocenters. The number of nitriles is 1. The van der Waals surface area contributed by atoms with Crippen molar-refractivity contribution in [2.45, 2.75) is 31.0 Å². The number of halogens is 5. The zero-order valence-electron chi connectivity index (χ0n) is 26.9. The van der Waals surface area contributed by atoms with Gasteiger partial charge in [-0.15, -0.1) is 0 Å². The second-order valence-corrected chi connectivity index (χ2v) is 11.5. The number of alkyl halides is 5. The van der Waals surface area contributed by atoms with Crippen LogP contribution in [0.5, 0.6) is 11.5 Å². The van der Waals surface area contributed by atoms with Gasteiger partial charge in [0.15, 0.2) is 11.5 Å². The van der Waals surface area contributed by atoms with Gasteiger partial charge in [0.05, 0.1) is 44.0 Å². The number of pyridine rings is 1. The minimum atomic E-state index is -5.08. The Morgan fingerprint density at radius 3 is 2.44 bits per heavy atom. The van der Waals surface area contributed by atoms with Crippen LogP contribution in [0.2, 0.25) is 0 Å². The molecule has 0 bridgehead atoms. The fourth-order valence-corrected chi connectivity index (χ4v) is 5.44. The number of carbonyl (C=O) groups is 3. The third-order valence-corrected chi connectivity index (χ3v) is 7.95. The van der Waals surface area contributed by atoms with E-state index < -0.39 is 55.4 Å². The van der Waals surface area contributed by atoms with Crippen LogP contribution in [-0.2, 0) is 9.59 Å². The molecular weight excluding hydrogens is 671 g/mol. The quantitative estimate of drug-likeness (QED) is 0.210. The van der Waals surface area contributed by atoms with Crippen LogP contribution < -0.4 is 20.1 Å². The molecule has 2 aliphatic heterocycles. The number of fused-ring (bicyclic) bond motifs is 1. The van der Waals surface area contributed by atoms with Crippen molar-refractivity contribution in [3.05, 3.63) is 54.2 Å². The molecular formula is C33H35F5N6O6. The smallest absolute Gasteiger partial charge is 0.490 e. The average molecular weight is 707 g/mol. The molecule has 0 saturated carbocycles. The minimum absolute atomic E-state index is 0.279. The van der Waals surface area contributed by atoms with E-state index in [1.807, 2.05) is 30.3 Å². The molecule has 3 heterocycles. The third-order valence-electron chi connectivity index (χ3n) is 7.95. The van der Waals surface area contributed by atoms with Crippen LogP contribution >= 0.6 is 0 Å². The Kier molecular flexibility index (Phi) is 12.5. The number of carboxylic acids is 1. The van der Waals surface area contributed by atoms with Crippen LogP contribution in [-0.4, -0.2) is 115 Å². The molecule has 5 rings (SSSR count). The first-order valence-corrected chi connectivity index (χ1v) is 15.5. The number of hydrogen-bond donors (Lipinski definition) is 3. The number of nitrogens with one attached hydrogen (secondary N) is 2. The number of carbonyl (C=O) groups excluding carboxylic acids is 2. The number of rotatable bonds is 10. The van der Waals surface area contributed by atoms with Gasteiger partial charge in [-0.2, -0.15) is 18.4 Å². The molecule has 2 saturated heterocycles. The highest BCUT2D eigenvalue weighted by Gasteiger charge is 2.47. The summed E-state index contributed by atoms with van der Waals surface area (Å²) in [6, 6.07) is 13.2. The molecule has 2 aliphatic rings. The summed E-state index contributed by atoms with van der Waals surface area (Å²) in [7, 11) is 1.59. The van der Waals surface area contributed by atoms with Gasteiger partial charge >= 0.3 is 12.1 Å². The zero-order valence-corrected chi connectivity index (χ0v) is 26.9. The topological polar surface area (TPSA) is 157 Å². The molecule has 0 spiro atoms. The number of carboxylic acid groups (broad SMARTS) is 1. The molecule has 268 valence electrons. The second-order valence-electron chi connectivity index (χ2n) is 11.5. The van der Waals surface area contributed by atoms with Gasteiger partial charge in [-0.05, 0) is 47.9 Å². The number of likely N-dealkylation sites (tertiary alicyclic amines) is 1. The second kappa shape index (κ2) is 16.5. The van der Waals surface area contributed by atoms with Crippen LogP contribution in [0.1, 0.15) is 23.2 Å². The lowest BCUT2D eigenvalue weighted by molar-refractivity contribution is -0.192. The number of hydrogen-bond acceptors (Lipinski definition) is 9. The highest BCUT2D eigenvalue weighted by molar-refractivity contribution is 6.07. The Balaban J connectivity index is 0.000000727. The maximum atomic E-state index is 13.8. The molecule has 17 heteroatoms. The van der Waals surface area contributed by atoms with E-state index in [4.69, 9.17) is 19.4 Å². The van der Waals surface area contributed by atoms with E-state index >= 15 is 0 Å². The first kappa shape index (κ1) is 37.7. The highest BCUT2D eigenvalue weighted by atomic mass is 19.4. The van der Waals surface area contributed by atoms with Crippen molar-refractivity contribution in [2.75, 3.05) is 59.5 Å². The predicted octanol–water partition coefficient (Wildman–Crippen LogP) is 3.71. The molecule has 2 fully saturated rings. The number of ether oxygens (including phenoxy) is 2. The van der Waals surface area contributed by atoms with Crippen LogP contribution in [0.3, 0.4) is 0 Å². The third kappa shape index (κ3) is 9.98. The maximum Gasteiger partial charge on any atom is 0.490 e. The molecule has 2 aromatic carbocycles. The minimum Gasteiger partial charge on any atom is -0.493 e. The lowest BCUT2D eigenvalue weighted by Crippen LogP contribution is -2.43. The average Bonchev–Trinajstić information content (AvgIpc) is 3.43. The largest absolute Gasteiger partial charge is 0.493 e. The van der Waals surface area contributed by atoms with Crippen LogP contribution in [0.15, 0.2) is 48.7 Å². The van der Waals surface area contributed by atoms with Crippen LogP contribution in [0.4, 0.5) is 22.0 Å². The molecule has 3 aromatic rings. The van der Waals surface area contributed by atoms with Crippen molar-refractivity contribution in [2.24, 2.45) is 0 Å². The Hall–Kier alpha value is -5.08. The number of amides is 2. The Morgan fingerprint density at radius 1 is 1.10 bits per heavy atom. The van der Waals surface area contributed by atoms with Gasteiger partial charge in [0.25, 0.3) is 11.8 Å². The van der Waals surface area contributed by atoms with Gasteiger partial charge in [-0.3, -0.25) is 14.6 Å². The predicted molar refractivity (Wildman–Crippen MR) is 170 cm³/mol. The van der Waals surface area contributed by atoms with Gasteiger partial charge in [-0.25, -0.2) is 13.6 Å². The number of nitrogens with zero attached hydrogens (tertiary/aromatic N) is 4. The van der Waals surface area contributed by atoms with E-state index in [1.54, 1.807) is 19.2 Å². The van der Waals surface area contributed by atoms with E-state index in [1.165, 1.54) is 12.3 Å². The summed E-state index contributed by atoms with van der Waals surface area (Å²) in [6.45, 7) is 4.22. The summed E-state index contributed by atoms with van der Waals surface area (Å²) in [5, 5.41) is 22.7. The summed E-state index contributed by atoms with van der Waals surface area (Å²) < 4.78 is 70.9. The molecule has 3 N–H and O–H groups in total. The van der Waals surface area contributed by atoms with E-state index in [0.29, 0.717) is 29.0 Å². The van der Waals surface area contributed by atoms with Crippen LogP contribution in [0, 0.1) is 11.3 Å². The first-order chi connectivity index (χ1) is 23.7. The number of benzene rings is 2. The van der Waals surface area contributed by atoms with Gasteiger partial charge in [-0.1, -0.05) is 12.1 Å². The van der Waals surface area contributed by atoms with Gasteiger partial charge in [0, 0.05) is 50.7 Å². The van der Waals surface area contributed by atoms with E-state index in [2.05, 4.69) is 20.5 Å². The summed E-state index contributed by atoms with van der Waals surface area (Å²) in [6.07, 6.45) is -3.42. The van der Waals surface area contributed by atoms with Gasteiger partial charge in [0.1, 0.15) is 6.04 Å². The Labute approximate surface area is 283 Å².